The maximum absolute atomic E-state index is 12.6. The minimum Gasteiger partial charge on any atom is -0.497 e. The first-order valence-corrected chi connectivity index (χ1v) is 9.11. The van der Waals surface area contributed by atoms with Crippen LogP contribution in [0, 0.1) is 6.92 Å². The van der Waals surface area contributed by atoms with Gasteiger partial charge in [0.05, 0.1) is 13.2 Å². The monoisotopic (exact) mass is 362 g/mol. The van der Waals surface area contributed by atoms with Gasteiger partial charge in [-0.25, -0.2) is 0 Å². The highest BCUT2D eigenvalue weighted by atomic mass is 16.5. The van der Waals surface area contributed by atoms with Crippen LogP contribution < -0.4 is 10.1 Å². The summed E-state index contributed by atoms with van der Waals surface area (Å²) in [5.74, 6) is 0.853. The van der Waals surface area contributed by atoms with Crippen LogP contribution in [0.4, 0.5) is 5.69 Å². The van der Waals surface area contributed by atoms with Crippen molar-refractivity contribution in [2.24, 2.45) is 0 Å². The number of nitrogens with one attached hydrogen (secondary N) is 1. The van der Waals surface area contributed by atoms with E-state index in [2.05, 4.69) is 34.5 Å². The molecule has 1 N–H and O–H groups in total. The van der Waals surface area contributed by atoms with Gasteiger partial charge in [0.25, 0.3) is 0 Å². The normalized spacial score (nSPS) is 12.2. The highest BCUT2D eigenvalue weighted by Gasteiger charge is 2.19. The summed E-state index contributed by atoms with van der Waals surface area (Å²) < 4.78 is 5.28. The van der Waals surface area contributed by atoms with E-state index in [0.29, 0.717) is 6.54 Å². The van der Waals surface area contributed by atoms with Crippen LogP contribution in [0.15, 0.2) is 60.7 Å². The van der Waals surface area contributed by atoms with Gasteiger partial charge in [-0.15, -0.1) is 0 Å². The molecule has 0 unspecified atom stereocenters. The Labute approximate surface area is 160 Å². The minimum absolute atomic E-state index is 0.00248. The molecule has 0 aromatic heterocycles. The number of likely N-dealkylation sites (N-methyl/N-ethyl adjacent to an activating group) is 1. The van der Waals surface area contributed by atoms with Gasteiger partial charge in [0, 0.05) is 12.2 Å². The highest BCUT2D eigenvalue weighted by molar-refractivity contribution is 5.95. The maximum Gasteiger partial charge on any atom is 0.241 e. The Morgan fingerprint density at radius 2 is 1.78 bits per heavy atom. The molecule has 3 aromatic carbocycles. The number of nitrogens with zero attached hydrogens (tertiary/aromatic N) is 1. The predicted octanol–water partition coefficient (Wildman–Crippen LogP) is 4.62. The summed E-state index contributed by atoms with van der Waals surface area (Å²) in [6.45, 7) is 4.62. The molecule has 0 heterocycles. The van der Waals surface area contributed by atoms with Crippen LogP contribution in [0.25, 0.3) is 10.8 Å². The van der Waals surface area contributed by atoms with Gasteiger partial charge < -0.3 is 10.1 Å². The van der Waals surface area contributed by atoms with Gasteiger partial charge >= 0.3 is 0 Å². The maximum atomic E-state index is 12.6. The SMILES string of the molecule is COc1ccc2cc(CN(C)[C@H](C)C(=O)Nc3ccccc3C)ccc2c1. The van der Waals surface area contributed by atoms with Crippen molar-refractivity contribution in [2.75, 3.05) is 19.5 Å². The fourth-order valence-corrected chi connectivity index (χ4v) is 3.07. The van der Waals surface area contributed by atoms with Gasteiger partial charge in [-0.2, -0.15) is 0 Å². The molecular formula is C23H26N2O2. The van der Waals surface area contributed by atoms with Crippen LogP contribution in [0.3, 0.4) is 0 Å². The molecule has 0 radical (unpaired) electrons. The molecule has 0 aliphatic carbocycles. The zero-order valence-corrected chi connectivity index (χ0v) is 16.3. The molecule has 3 aromatic rings. The van der Waals surface area contributed by atoms with Gasteiger partial charge in [-0.3, -0.25) is 9.69 Å². The van der Waals surface area contributed by atoms with Crippen molar-refractivity contribution in [3.05, 3.63) is 71.8 Å². The van der Waals surface area contributed by atoms with Crippen molar-refractivity contribution in [2.45, 2.75) is 26.4 Å². The molecule has 4 heteroatoms. The van der Waals surface area contributed by atoms with E-state index >= 15 is 0 Å². The van der Waals surface area contributed by atoms with Crippen LogP contribution in [0.2, 0.25) is 0 Å². The Bertz CT molecular complexity index is 952. The third kappa shape index (κ3) is 4.47. The number of amides is 1. The third-order valence-electron chi connectivity index (χ3n) is 4.99. The second kappa shape index (κ2) is 8.23. The first-order chi connectivity index (χ1) is 13.0. The van der Waals surface area contributed by atoms with E-state index in [1.807, 2.05) is 57.3 Å². The summed E-state index contributed by atoms with van der Waals surface area (Å²) >= 11 is 0. The van der Waals surface area contributed by atoms with Crippen LogP contribution in [-0.2, 0) is 11.3 Å². The van der Waals surface area contributed by atoms with Crippen LogP contribution >= 0.6 is 0 Å². The molecule has 0 saturated heterocycles. The van der Waals surface area contributed by atoms with Gasteiger partial charge in [0.15, 0.2) is 0 Å². The summed E-state index contributed by atoms with van der Waals surface area (Å²) in [5.41, 5.74) is 3.10. The van der Waals surface area contributed by atoms with Crippen LogP contribution in [-0.4, -0.2) is 31.0 Å². The number of rotatable bonds is 6. The smallest absolute Gasteiger partial charge is 0.241 e. The average molecular weight is 362 g/mol. The first kappa shape index (κ1) is 18.9. The van der Waals surface area contributed by atoms with Crippen LogP contribution in [0.5, 0.6) is 5.75 Å². The molecule has 1 atom stereocenters. The molecule has 0 saturated carbocycles. The van der Waals surface area contributed by atoms with Gasteiger partial charge in [0.2, 0.25) is 5.91 Å². The molecule has 27 heavy (non-hydrogen) atoms. The van der Waals surface area contributed by atoms with E-state index in [-0.39, 0.29) is 11.9 Å². The van der Waals surface area contributed by atoms with Crippen molar-refractivity contribution < 1.29 is 9.53 Å². The van der Waals surface area contributed by atoms with Gasteiger partial charge in [-0.05, 0) is 67.1 Å². The Morgan fingerprint density at radius 3 is 2.52 bits per heavy atom. The molecule has 4 nitrogen and oxygen atoms in total. The lowest BCUT2D eigenvalue weighted by molar-refractivity contribution is -0.120. The van der Waals surface area contributed by atoms with E-state index in [4.69, 9.17) is 4.74 Å². The molecule has 0 bridgehead atoms. The minimum atomic E-state index is -0.240. The van der Waals surface area contributed by atoms with E-state index in [1.165, 1.54) is 10.9 Å². The molecule has 0 aliphatic rings. The summed E-state index contributed by atoms with van der Waals surface area (Å²) in [6, 6.07) is 20.0. The number of anilines is 1. The zero-order valence-electron chi connectivity index (χ0n) is 16.3. The molecule has 3 rings (SSSR count). The van der Waals surface area contributed by atoms with Gasteiger partial charge in [0.1, 0.15) is 5.75 Å². The highest BCUT2D eigenvalue weighted by Crippen LogP contribution is 2.23. The van der Waals surface area contributed by atoms with E-state index in [1.54, 1.807) is 7.11 Å². The van der Waals surface area contributed by atoms with Crippen LogP contribution in [0.1, 0.15) is 18.1 Å². The number of carbonyl (C=O) groups is 1. The lowest BCUT2D eigenvalue weighted by atomic mass is 10.1. The van der Waals surface area contributed by atoms with E-state index in [0.717, 1.165) is 22.4 Å². The quantitative estimate of drug-likeness (QED) is 0.696. The second-order valence-electron chi connectivity index (χ2n) is 6.94. The largest absolute Gasteiger partial charge is 0.497 e. The summed E-state index contributed by atoms with van der Waals surface area (Å²) in [5, 5.41) is 5.33. The number of carbonyl (C=O) groups excluding carboxylic acids is 1. The number of para-hydroxylation sites is 1. The zero-order chi connectivity index (χ0) is 19.4. The standard InChI is InChI=1S/C23H26N2O2/c1-16-7-5-6-8-22(16)24-23(26)17(2)25(3)15-18-9-10-20-14-21(27-4)12-11-19(20)13-18/h5-14,17H,15H2,1-4H3,(H,24,26)/t17-/m1/s1. The average Bonchev–Trinajstić information content (AvgIpc) is 2.68. The number of aryl methyl sites for hydroxylation is 1. The number of hydrogen-bond acceptors (Lipinski definition) is 3. The third-order valence-corrected chi connectivity index (χ3v) is 4.99. The lowest BCUT2D eigenvalue weighted by Crippen LogP contribution is -2.39. The Kier molecular flexibility index (Phi) is 5.77. The lowest BCUT2D eigenvalue weighted by Gasteiger charge is -2.24. The second-order valence-corrected chi connectivity index (χ2v) is 6.94. The molecule has 140 valence electrons. The fraction of sp³-hybridized carbons (Fsp3) is 0.261. The Morgan fingerprint density at radius 1 is 1.07 bits per heavy atom. The van der Waals surface area contributed by atoms with Crippen molar-refractivity contribution in [3.8, 4) is 5.75 Å². The summed E-state index contributed by atoms with van der Waals surface area (Å²) in [6.07, 6.45) is 0. The molecule has 0 fully saturated rings. The fourth-order valence-electron chi connectivity index (χ4n) is 3.07. The van der Waals surface area contributed by atoms with Crippen molar-refractivity contribution in [1.82, 2.24) is 4.90 Å². The summed E-state index contributed by atoms with van der Waals surface area (Å²) in [4.78, 5) is 14.7. The Hall–Kier alpha value is -2.85. The number of ether oxygens (including phenoxy) is 1. The molecule has 0 spiro atoms. The molecule has 0 aliphatic heterocycles. The van der Waals surface area contributed by atoms with Crippen molar-refractivity contribution >= 4 is 22.4 Å². The number of benzene rings is 3. The number of hydrogen-bond donors (Lipinski definition) is 1. The molecular weight excluding hydrogens is 336 g/mol. The molecule has 1 amide bonds. The van der Waals surface area contributed by atoms with E-state index < -0.39 is 0 Å². The predicted molar refractivity (Wildman–Crippen MR) is 111 cm³/mol. The number of fused-ring (bicyclic) bond motifs is 1. The topological polar surface area (TPSA) is 41.6 Å². The Balaban J connectivity index is 1.68. The van der Waals surface area contributed by atoms with Crippen molar-refractivity contribution in [1.29, 1.82) is 0 Å². The van der Waals surface area contributed by atoms with Crippen molar-refractivity contribution in [3.63, 3.8) is 0 Å². The summed E-state index contributed by atoms with van der Waals surface area (Å²) in [7, 11) is 3.65. The van der Waals surface area contributed by atoms with Gasteiger partial charge in [-0.1, -0.05) is 36.4 Å². The number of methoxy groups -OCH3 is 1. The van der Waals surface area contributed by atoms with E-state index in [9.17, 15) is 4.79 Å². The first-order valence-electron chi connectivity index (χ1n) is 9.11.